The molecule has 0 N–H and O–H groups in total. The first-order chi connectivity index (χ1) is 39.3. The lowest BCUT2D eigenvalue weighted by Gasteiger charge is -2.33. The van der Waals surface area contributed by atoms with Crippen LogP contribution >= 0.6 is 0 Å². The number of hydrogen-bond donors (Lipinski definition) is 0. The topological polar surface area (TPSA) is 35.0 Å². The van der Waals surface area contributed by atoms with Gasteiger partial charge in [0.1, 0.15) is 5.75 Å². The molecular weight excluding hydrogens is 1030 g/mol. The molecule has 0 radical (unpaired) electrons. The van der Waals surface area contributed by atoms with Crippen LogP contribution in [0.4, 0.5) is 0 Å². The van der Waals surface area contributed by atoms with Gasteiger partial charge in [-0.3, -0.25) is 4.98 Å². The highest BCUT2D eigenvalue weighted by atomic mass is 16.5. The molecule has 2 heterocycles. The lowest BCUT2D eigenvalue weighted by Crippen LogP contribution is -2.20. The van der Waals surface area contributed by atoms with Crippen molar-refractivity contribution in [3.8, 4) is 78.7 Å². The van der Waals surface area contributed by atoms with Gasteiger partial charge < -0.3 is 4.74 Å². The molecule has 85 heavy (non-hydrogen) atoms. The van der Waals surface area contributed by atoms with Crippen LogP contribution in [0.25, 0.3) is 67.0 Å². The number of ether oxygens (including phenoxy) is 1. The van der Waals surface area contributed by atoms with Crippen molar-refractivity contribution >= 4 is 0 Å². The van der Waals surface area contributed by atoms with Crippen molar-refractivity contribution in [2.45, 2.75) is 232 Å². The Kier molecular flexibility index (Phi) is 13.1. The van der Waals surface area contributed by atoms with E-state index >= 15 is 0 Å². The van der Waals surface area contributed by atoms with Gasteiger partial charge in [0.15, 0.2) is 0 Å². The summed E-state index contributed by atoms with van der Waals surface area (Å²) in [5.41, 5.74) is 28.3. The molecule has 3 heteroatoms. The molecule has 0 saturated heterocycles. The van der Waals surface area contributed by atoms with E-state index in [2.05, 4.69) is 286 Å². The third kappa shape index (κ3) is 9.67. The van der Waals surface area contributed by atoms with E-state index in [0.29, 0.717) is 5.88 Å². The molecule has 8 aromatic rings. The third-order valence-corrected chi connectivity index (χ3v) is 20.5. The summed E-state index contributed by atoms with van der Waals surface area (Å²) in [4.78, 5) is 10.9. The molecule has 0 spiro atoms. The molecular formula is C82H96N2O. The minimum absolute atomic E-state index is 0.0361. The predicted molar refractivity (Wildman–Crippen MR) is 361 cm³/mol. The Bertz CT molecular complexity index is 3920. The molecule has 0 aliphatic heterocycles. The molecule has 0 saturated carbocycles. The van der Waals surface area contributed by atoms with Crippen LogP contribution in [0, 0.1) is 0 Å². The van der Waals surface area contributed by atoms with Gasteiger partial charge in [0.25, 0.3) is 0 Å². The molecule has 12 rings (SSSR count). The van der Waals surface area contributed by atoms with Crippen LogP contribution in [0.3, 0.4) is 0 Å². The zero-order valence-electron chi connectivity index (χ0n) is 55.8. The second kappa shape index (κ2) is 19.0. The van der Waals surface area contributed by atoms with Crippen molar-refractivity contribution in [1.29, 1.82) is 0 Å². The van der Waals surface area contributed by atoms with Gasteiger partial charge in [0.2, 0.25) is 5.88 Å². The van der Waals surface area contributed by atoms with Crippen LogP contribution in [-0.2, 0) is 54.1 Å². The van der Waals surface area contributed by atoms with Crippen LogP contribution in [0.2, 0.25) is 0 Å². The molecule has 0 amide bonds. The molecule has 0 bridgehead atoms. The summed E-state index contributed by atoms with van der Waals surface area (Å²) >= 11 is 0. The standard InChI is InChI=1S/C82H96N2O/c1-73(2,3)55-35-29-34-51(38-55)59-42-54(64-71-67(77(11,12)47-81(71,19)20)62(50-32-27-24-28-33-50)68-72(64)82(21,22)48-78(68,13)14)43-60(84-59)85-57-40-53(39-56(44-57)74(4,5)6)58-41-52(36-37-83-58)63-69-65(75(7,8)45-79(69,15)16)61(49-30-25-23-26-31-49)66-70(63)80(17,18)46-76(66,9)10/h23-44H,45-48H2,1-22H3. The summed E-state index contributed by atoms with van der Waals surface area (Å²) in [6.07, 6.45) is 6.31. The Morgan fingerprint density at radius 2 is 0.682 bits per heavy atom. The van der Waals surface area contributed by atoms with Gasteiger partial charge in [-0.2, -0.15) is 0 Å². The Balaban J connectivity index is 1.09. The smallest absolute Gasteiger partial charge is 0.220 e. The summed E-state index contributed by atoms with van der Waals surface area (Å²) in [6.45, 7) is 53.7. The zero-order chi connectivity index (χ0) is 61.4. The normalized spacial score (nSPS) is 19.5. The van der Waals surface area contributed by atoms with E-state index in [9.17, 15) is 0 Å². The minimum Gasteiger partial charge on any atom is -0.439 e. The maximum atomic E-state index is 7.47. The average Bonchev–Trinajstić information content (AvgIpc) is 1.56. The molecule has 0 fully saturated rings. The number of aromatic nitrogens is 2. The van der Waals surface area contributed by atoms with E-state index in [1.54, 1.807) is 0 Å². The summed E-state index contributed by atoms with van der Waals surface area (Å²) in [7, 11) is 0. The van der Waals surface area contributed by atoms with Crippen molar-refractivity contribution in [2.75, 3.05) is 0 Å². The first kappa shape index (κ1) is 58.8. The van der Waals surface area contributed by atoms with Crippen LogP contribution in [0.15, 0.2) is 134 Å². The number of benzene rings is 6. The van der Waals surface area contributed by atoms with Crippen molar-refractivity contribution < 1.29 is 4.74 Å². The molecule has 4 aliphatic rings. The highest BCUT2D eigenvalue weighted by Crippen LogP contribution is 2.67. The SMILES string of the molecule is CC(C)(C)c1cc(Oc2cc(-c3c4c(c(-c5ccccc5)c5c3C(C)(C)CC5(C)C)C(C)(C)CC4(C)C)cc(-c3cccc(C(C)(C)C)c3)n2)cc(-c2cc(-c3c4c(c(-c5ccccc5)c5c3C(C)(C)CC5(C)C)C(C)(C)CC4(C)C)ccn2)c1. The number of rotatable bonds is 8. The molecule has 6 aromatic carbocycles. The number of pyridine rings is 2. The Morgan fingerprint density at radius 3 is 1.09 bits per heavy atom. The number of fused-ring (bicyclic) bond motifs is 4. The van der Waals surface area contributed by atoms with E-state index < -0.39 is 0 Å². The van der Waals surface area contributed by atoms with Crippen molar-refractivity contribution in [3.63, 3.8) is 0 Å². The maximum Gasteiger partial charge on any atom is 0.220 e. The zero-order valence-corrected chi connectivity index (χ0v) is 55.8. The van der Waals surface area contributed by atoms with Gasteiger partial charge in [-0.25, -0.2) is 4.98 Å². The van der Waals surface area contributed by atoms with E-state index in [-0.39, 0.29) is 54.1 Å². The van der Waals surface area contributed by atoms with Gasteiger partial charge in [0.05, 0.1) is 11.4 Å². The van der Waals surface area contributed by atoms with Crippen LogP contribution in [-0.4, -0.2) is 9.97 Å². The Hall–Kier alpha value is -6.58. The van der Waals surface area contributed by atoms with Gasteiger partial charge in [-0.15, -0.1) is 0 Å². The van der Waals surface area contributed by atoms with Crippen molar-refractivity contribution in [2.24, 2.45) is 0 Å². The Morgan fingerprint density at radius 1 is 0.318 bits per heavy atom. The monoisotopic (exact) mass is 1120 g/mol. The third-order valence-electron chi connectivity index (χ3n) is 20.5. The van der Waals surface area contributed by atoms with E-state index in [0.717, 1.165) is 53.9 Å². The van der Waals surface area contributed by atoms with Gasteiger partial charge in [-0.1, -0.05) is 231 Å². The molecule has 3 nitrogen and oxygen atoms in total. The highest BCUT2D eigenvalue weighted by molar-refractivity contribution is 5.92. The van der Waals surface area contributed by atoms with E-state index in [1.165, 1.54) is 100 Å². The minimum atomic E-state index is -0.196. The van der Waals surface area contributed by atoms with Gasteiger partial charge in [-0.05, 0) is 222 Å². The largest absolute Gasteiger partial charge is 0.439 e. The van der Waals surface area contributed by atoms with E-state index in [1.807, 2.05) is 0 Å². The second-order valence-electron chi connectivity index (χ2n) is 33.9. The number of nitrogens with zero attached hydrogens (tertiary/aromatic N) is 2. The first-order valence-electron chi connectivity index (χ1n) is 31.9. The predicted octanol–water partition coefficient (Wildman–Crippen LogP) is 22.7. The van der Waals surface area contributed by atoms with Crippen molar-refractivity contribution in [1.82, 2.24) is 9.97 Å². The fourth-order valence-electron chi connectivity index (χ4n) is 18.5. The van der Waals surface area contributed by atoms with Crippen LogP contribution in [0.5, 0.6) is 11.6 Å². The summed E-state index contributed by atoms with van der Waals surface area (Å²) in [5.74, 6) is 1.35. The quantitative estimate of drug-likeness (QED) is 0.152. The number of hydrogen-bond acceptors (Lipinski definition) is 3. The average molecular weight is 1130 g/mol. The maximum absolute atomic E-state index is 7.47. The first-order valence-corrected chi connectivity index (χ1v) is 31.9. The van der Waals surface area contributed by atoms with E-state index in [4.69, 9.17) is 14.7 Å². The lowest BCUT2D eigenvalue weighted by atomic mass is 9.71. The Labute approximate surface area is 511 Å². The molecule has 0 unspecified atom stereocenters. The lowest BCUT2D eigenvalue weighted by molar-refractivity contribution is 0.395. The summed E-state index contributed by atoms with van der Waals surface area (Å²) in [5, 5.41) is 0. The highest BCUT2D eigenvalue weighted by Gasteiger charge is 2.55. The molecule has 2 aromatic heterocycles. The van der Waals surface area contributed by atoms with Crippen molar-refractivity contribution in [3.05, 3.63) is 189 Å². The fraction of sp³-hybridized carbons (Fsp3) is 0.439. The van der Waals surface area contributed by atoms with Crippen LogP contribution in [0.1, 0.15) is 234 Å². The second-order valence-corrected chi connectivity index (χ2v) is 33.9. The van der Waals surface area contributed by atoms with Gasteiger partial charge in [0, 0.05) is 23.4 Å². The summed E-state index contributed by atoms with van der Waals surface area (Å²) in [6, 6.07) is 47.9. The molecule has 440 valence electrons. The summed E-state index contributed by atoms with van der Waals surface area (Å²) < 4.78 is 7.47. The van der Waals surface area contributed by atoms with Crippen LogP contribution < -0.4 is 4.74 Å². The molecule has 4 aliphatic carbocycles. The molecule has 0 atom stereocenters. The van der Waals surface area contributed by atoms with Gasteiger partial charge >= 0.3 is 0 Å². The fourth-order valence-corrected chi connectivity index (χ4v) is 18.5.